The first-order chi connectivity index (χ1) is 10.8. The minimum Gasteiger partial charge on any atom is -0.497 e. The molecule has 2 atom stereocenters. The van der Waals surface area contributed by atoms with E-state index in [0.29, 0.717) is 10.8 Å². The summed E-state index contributed by atoms with van der Waals surface area (Å²) in [5.41, 5.74) is 1.58. The first kappa shape index (κ1) is 15.0. The SMILES string of the molecule is COc1ccc(C(=O)NC23CC4C[C@](C)(C2)C[C@](C)(C4)C3)cc1. The lowest BCUT2D eigenvalue weighted by Crippen LogP contribution is -2.65. The van der Waals surface area contributed by atoms with Crippen molar-refractivity contribution in [2.45, 2.75) is 57.9 Å². The molecule has 4 aliphatic rings. The van der Waals surface area contributed by atoms with Gasteiger partial charge >= 0.3 is 0 Å². The van der Waals surface area contributed by atoms with Gasteiger partial charge in [0.2, 0.25) is 0 Å². The van der Waals surface area contributed by atoms with Gasteiger partial charge in [-0.3, -0.25) is 4.79 Å². The van der Waals surface area contributed by atoms with Gasteiger partial charge in [-0.1, -0.05) is 13.8 Å². The third-order valence-corrected chi connectivity index (χ3v) is 6.36. The van der Waals surface area contributed by atoms with E-state index in [1.807, 2.05) is 24.3 Å². The summed E-state index contributed by atoms with van der Waals surface area (Å²) >= 11 is 0. The van der Waals surface area contributed by atoms with E-state index in [0.717, 1.165) is 30.1 Å². The van der Waals surface area contributed by atoms with Gasteiger partial charge < -0.3 is 10.1 Å². The molecule has 5 rings (SSSR count). The van der Waals surface area contributed by atoms with E-state index in [1.165, 1.54) is 25.7 Å². The molecule has 0 aliphatic heterocycles. The normalized spacial score (nSPS) is 40.9. The number of hydrogen-bond acceptors (Lipinski definition) is 2. The maximum Gasteiger partial charge on any atom is 0.251 e. The summed E-state index contributed by atoms with van der Waals surface area (Å²) in [5, 5.41) is 3.45. The van der Waals surface area contributed by atoms with Crippen molar-refractivity contribution in [3.05, 3.63) is 29.8 Å². The Kier molecular flexibility index (Phi) is 3.11. The molecule has 4 aliphatic carbocycles. The number of ether oxygens (including phenoxy) is 1. The highest BCUT2D eigenvalue weighted by Gasteiger charge is 2.60. The van der Waals surface area contributed by atoms with Crippen molar-refractivity contribution in [3.8, 4) is 5.75 Å². The van der Waals surface area contributed by atoms with E-state index in [4.69, 9.17) is 4.74 Å². The molecule has 3 heteroatoms. The Balaban J connectivity index is 1.57. The fourth-order valence-corrected chi connectivity index (χ4v) is 6.64. The summed E-state index contributed by atoms with van der Waals surface area (Å²) in [6.07, 6.45) is 7.49. The molecule has 0 spiro atoms. The summed E-state index contributed by atoms with van der Waals surface area (Å²) in [4.78, 5) is 12.8. The molecule has 4 fully saturated rings. The topological polar surface area (TPSA) is 38.3 Å². The van der Waals surface area contributed by atoms with Crippen molar-refractivity contribution in [2.24, 2.45) is 16.7 Å². The van der Waals surface area contributed by atoms with Gasteiger partial charge in [0, 0.05) is 11.1 Å². The maximum absolute atomic E-state index is 12.8. The van der Waals surface area contributed by atoms with Gasteiger partial charge in [0.05, 0.1) is 7.11 Å². The second-order valence-electron chi connectivity index (χ2n) is 9.09. The van der Waals surface area contributed by atoms with Crippen molar-refractivity contribution in [1.82, 2.24) is 5.32 Å². The monoisotopic (exact) mass is 313 g/mol. The Morgan fingerprint density at radius 2 is 1.65 bits per heavy atom. The van der Waals surface area contributed by atoms with E-state index < -0.39 is 0 Å². The van der Waals surface area contributed by atoms with Crippen molar-refractivity contribution in [2.75, 3.05) is 7.11 Å². The standard InChI is InChI=1S/C20H27NO2/c1-18-8-14-9-19(2,11-18)13-20(10-14,12-18)21-17(22)15-4-6-16(23-3)7-5-15/h4-7,14H,8-13H2,1-3H3,(H,21,22)/t14?,18-,19-,20?/m0/s1. The van der Waals surface area contributed by atoms with Crippen LogP contribution in [0.15, 0.2) is 24.3 Å². The van der Waals surface area contributed by atoms with E-state index in [9.17, 15) is 4.79 Å². The fraction of sp³-hybridized carbons (Fsp3) is 0.650. The number of benzene rings is 1. The van der Waals surface area contributed by atoms with Crippen LogP contribution in [-0.2, 0) is 0 Å². The van der Waals surface area contributed by atoms with Crippen LogP contribution in [0.2, 0.25) is 0 Å². The van der Waals surface area contributed by atoms with E-state index in [-0.39, 0.29) is 11.4 Å². The van der Waals surface area contributed by atoms with Crippen molar-refractivity contribution in [3.63, 3.8) is 0 Å². The van der Waals surface area contributed by atoms with Gasteiger partial charge in [-0.2, -0.15) is 0 Å². The number of amides is 1. The number of rotatable bonds is 3. The Morgan fingerprint density at radius 3 is 2.17 bits per heavy atom. The molecule has 1 aromatic carbocycles. The smallest absolute Gasteiger partial charge is 0.251 e. The highest BCUT2D eigenvalue weighted by atomic mass is 16.5. The first-order valence-electron chi connectivity index (χ1n) is 8.79. The highest BCUT2D eigenvalue weighted by Crippen LogP contribution is 2.66. The molecule has 4 saturated carbocycles. The molecule has 1 N–H and O–H groups in total. The zero-order valence-corrected chi connectivity index (χ0v) is 14.4. The Bertz CT molecular complexity index is 618. The molecule has 124 valence electrons. The molecule has 0 unspecified atom stereocenters. The first-order valence-corrected chi connectivity index (χ1v) is 8.79. The van der Waals surface area contributed by atoms with Gasteiger partial charge in [0.25, 0.3) is 5.91 Å². The molecular weight excluding hydrogens is 286 g/mol. The molecule has 0 radical (unpaired) electrons. The van der Waals surface area contributed by atoms with Crippen molar-refractivity contribution < 1.29 is 9.53 Å². The average Bonchev–Trinajstić information content (AvgIpc) is 2.43. The van der Waals surface area contributed by atoms with Crippen LogP contribution in [0.4, 0.5) is 0 Å². The lowest BCUT2D eigenvalue weighted by molar-refractivity contribution is -0.114. The van der Waals surface area contributed by atoms with Crippen LogP contribution in [0.1, 0.15) is 62.7 Å². The minimum absolute atomic E-state index is 0.0138. The molecule has 1 aromatic rings. The van der Waals surface area contributed by atoms with Gasteiger partial charge in [-0.05, 0) is 79.5 Å². The molecule has 3 nitrogen and oxygen atoms in total. The molecule has 0 aromatic heterocycles. The van der Waals surface area contributed by atoms with Crippen LogP contribution >= 0.6 is 0 Å². The van der Waals surface area contributed by atoms with Crippen LogP contribution in [0.3, 0.4) is 0 Å². The number of nitrogens with one attached hydrogen (secondary N) is 1. The van der Waals surface area contributed by atoms with Gasteiger partial charge in [-0.25, -0.2) is 0 Å². The average molecular weight is 313 g/mol. The van der Waals surface area contributed by atoms with Crippen molar-refractivity contribution in [1.29, 1.82) is 0 Å². The summed E-state index contributed by atoms with van der Waals surface area (Å²) in [6.45, 7) is 4.87. The third-order valence-electron chi connectivity index (χ3n) is 6.36. The molecule has 4 bridgehead atoms. The Labute approximate surface area is 138 Å². The van der Waals surface area contributed by atoms with Gasteiger partial charge in [-0.15, -0.1) is 0 Å². The van der Waals surface area contributed by atoms with Crippen LogP contribution in [-0.4, -0.2) is 18.6 Å². The van der Waals surface area contributed by atoms with Gasteiger partial charge in [0.15, 0.2) is 0 Å². The van der Waals surface area contributed by atoms with Crippen LogP contribution in [0, 0.1) is 16.7 Å². The predicted molar refractivity (Wildman–Crippen MR) is 90.6 cm³/mol. The van der Waals surface area contributed by atoms with Crippen LogP contribution in [0.5, 0.6) is 5.75 Å². The summed E-state index contributed by atoms with van der Waals surface area (Å²) < 4.78 is 5.18. The third kappa shape index (κ3) is 2.54. The Hall–Kier alpha value is -1.51. The highest BCUT2D eigenvalue weighted by molar-refractivity contribution is 5.94. The second-order valence-corrected chi connectivity index (χ2v) is 9.09. The number of hydrogen-bond donors (Lipinski definition) is 1. The zero-order chi connectivity index (χ0) is 16.3. The zero-order valence-electron chi connectivity index (χ0n) is 14.4. The molecular formula is C20H27NO2. The van der Waals surface area contributed by atoms with Crippen LogP contribution in [0.25, 0.3) is 0 Å². The number of methoxy groups -OCH3 is 1. The van der Waals surface area contributed by atoms with Crippen LogP contribution < -0.4 is 10.1 Å². The van der Waals surface area contributed by atoms with Crippen molar-refractivity contribution >= 4 is 5.91 Å². The lowest BCUT2D eigenvalue weighted by atomic mass is 9.43. The predicted octanol–water partition coefficient (Wildman–Crippen LogP) is 4.17. The quantitative estimate of drug-likeness (QED) is 0.909. The summed E-state index contributed by atoms with van der Waals surface area (Å²) in [7, 11) is 1.64. The molecule has 0 heterocycles. The Morgan fingerprint density at radius 1 is 1.04 bits per heavy atom. The maximum atomic E-state index is 12.8. The lowest BCUT2D eigenvalue weighted by Gasteiger charge is -2.65. The second kappa shape index (κ2) is 4.75. The van der Waals surface area contributed by atoms with E-state index in [1.54, 1.807) is 7.11 Å². The molecule has 0 saturated heterocycles. The fourth-order valence-electron chi connectivity index (χ4n) is 6.64. The largest absolute Gasteiger partial charge is 0.497 e. The summed E-state index contributed by atoms with van der Waals surface area (Å²) in [5.74, 6) is 1.65. The number of carbonyl (C=O) groups is 1. The number of carbonyl (C=O) groups excluding carboxylic acids is 1. The minimum atomic E-state index is 0.0138. The van der Waals surface area contributed by atoms with Gasteiger partial charge in [0.1, 0.15) is 5.75 Å². The summed E-state index contributed by atoms with van der Waals surface area (Å²) in [6, 6.07) is 7.44. The molecule has 23 heavy (non-hydrogen) atoms. The van der Waals surface area contributed by atoms with E-state index >= 15 is 0 Å². The van der Waals surface area contributed by atoms with E-state index in [2.05, 4.69) is 19.2 Å². The molecule has 1 amide bonds.